The van der Waals surface area contributed by atoms with Gasteiger partial charge in [-0.2, -0.15) is 0 Å². The van der Waals surface area contributed by atoms with Gasteiger partial charge in [-0.05, 0) is 30.3 Å². The van der Waals surface area contributed by atoms with Gasteiger partial charge in [-0.1, -0.05) is 23.7 Å². The lowest BCUT2D eigenvalue weighted by molar-refractivity contribution is 0.102. The van der Waals surface area contributed by atoms with Crippen molar-refractivity contribution >= 4 is 29.0 Å². The normalized spacial score (nSPS) is 9.89. The number of nitrogens with one attached hydrogen (secondary N) is 2. The predicted molar refractivity (Wildman–Crippen MR) is 71.5 cm³/mol. The first kappa shape index (κ1) is 12.3. The molecule has 0 unspecified atom stereocenters. The Morgan fingerprint density at radius 1 is 1.22 bits per heavy atom. The monoisotopic (exact) mass is 262 g/mol. The summed E-state index contributed by atoms with van der Waals surface area (Å²) < 4.78 is 0. The van der Waals surface area contributed by atoms with E-state index >= 15 is 0 Å². The maximum Gasteiger partial charge on any atom is 0.274 e. The Bertz CT molecular complexity index is 574. The van der Waals surface area contributed by atoms with Crippen LogP contribution in [0.3, 0.4) is 0 Å². The standard InChI is InChI=1S/C12H11ClN4O/c13-8-3-1-4-9(7-8)15-12(18)10-5-2-6-11(16-10)17-14/h1-7H,14H2,(H,15,18)(H,16,17). The van der Waals surface area contributed by atoms with Gasteiger partial charge < -0.3 is 10.7 Å². The van der Waals surface area contributed by atoms with Crippen LogP contribution < -0.4 is 16.6 Å². The number of nitrogens with two attached hydrogens (primary N) is 1. The summed E-state index contributed by atoms with van der Waals surface area (Å²) in [7, 11) is 0. The van der Waals surface area contributed by atoms with Crippen LogP contribution in [0.4, 0.5) is 11.5 Å². The SMILES string of the molecule is NNc1cccc(C(=O)Nc2cccc(Cl)c2)n1. The molecule has 2 aromatic rings. The first-order valence-corrected chi connectivity index (χ1v) is 5.57. The summed E-state index contributed by atoms with van der Waals surface area (Å²) in [4.78, 5) is 15.9. The van der Waals surface area contributed by atoms with Crippen LogP contribution in [0.1, 0.15) is 10.5 Å². The lowest BCUT2D eigenvalue weighted by Crippen LogP contribution is -2.16. The number of anilines is 2. The van der Waals surface area contributed by atoms with Gasteiger partial charge in [0.25, 0.3) is 5.91 Å². The minimum absolute atomic E-state index is 0.269. The highest BCUT2D eigenvalue weighted by Gasteiger charge is 2.08. The highest BCUT2D eigenvalue weighted by molar-refractivity contribution is 6.30. The largest absolute Gasteiger partial charge is 0.321 e. The molecule has 1 aromatic heterocycles. The van der Waals surface area contributed by atoms with Crippen molar-refractivity contribution in [2.75, 3.05) is 10.7 Å². The molecule has 0 aliphatic rings. The average molecular weight is 263 g/mol. The number of hydrazine groups is 1. The molecule has 1 amide bonds. The molecule has 92 valence electrons. The lowest BCUT2D eigenvalue weighted by Gasteiger charge is -2.06. The molecule has 0 aliphatic carbocycles. The van der Waals surface area contributed by atoms with Crippen LogP contribution in [-0.2, 0) is 0 Å². The minimum atomic E-state index is -0.325. The molecule has 4 N–H and O–H groups in total. The van der Waals surface area contributed by atoms with E-state index in [0.717, 1.165) is 0 Å². The van der Waals surface area contributed by atoms with Gasteiger partial charge in [-0.25, -0.2) is 10.8 Å². The molecular formula is C12H11ClN4O. The Hall–Kier alpha value is -2.11. The molecule has 0 atom stereocenters. The van der Waals surface area contributed by atoms with Crippen molar-refractivity contribution in [2.45, 2.75) is 0 Å². The fourth-order valence-electron chi connectivity index (χ4n) is 1.40. The van der Waals surface area contributed by atoms with Crippen LogP contribution in [0.5, 0.6) is 0 Å². The molecular weight excluding hydrogens is 252 g/mol. The van der Waals surface area contributed by atoms with E-state index in [-0.39, 0.29) is 11.6 Å². The van der Waals surface area contributed by atoms with E-state index in [9.17, 15) is 4.79 Å². The second-order valence-electron chi connectivity index (χ2n) is 3.52. The number of aromatic nitrogens is 1. The third-order valence-corrected chi connectivity index (χ3v) is 2.45. The number of carbonyl (C=O) groups is 1. The maximum absolute atomic E-state index is 11.9. The van der Waals surface area contributed by atoms with Crippen molar-refractivity contribution in [1.29, 1.82) is 0 Å². The zero-order valence-electron chi connectivity index (χ0n) is 9.35. The highest BCUT2D eigenvalue weighted by Crippen LogP contribution is 2.15. The van der Waals surface area contributed by atoms with Crippen molar-refractivity contribution < 1.29 is 4.79 Å². The maximum atomic E-state index is 11.9. The zero-order valence-corrected chi connectivity index (χ0v) is 10.1. The first-order valence-electron chi connectivity index (χ1n) is 5.19. The van der Waals surface area contributed by atoms with Crippen molar-refractivity contribution in [3.8, 4) is 0 Å². The molecule has 0 radical (unpaired) electrons. The van der Waals surface area contributed by atoms with E-state index in [1.54, 1.807) is 42.5 Å². The number of carbonyl (C=O) groups excluding carboxylic acids is 1. The first-order chi connectivity index (χ1) is 8.69. The van der Waals surface area contributed by atoms with Gasteiger partial charge in [0.1, 0.15) is 11.5 Å². The van der Waals surface area contributed by atoms with Crippen LogP contribution in [0.25, 0.3) is 0 Å². The predicted octanol–water partition coefficient (Wildman–Crippen LogP) is 2.27. The molecule has 0 aliphatic heterocycles. The topological polar surface area (TPSA) is 80.0 Å². The molecule has 6 heteroatoms. The number of amides is 1. The van der Waals surface area contributed by atoms with Gasteiger partial charge in [0, 0.05) is 10.7 Å². The van der Waals surface area contributed by atoms with Crippen molar-refractivity contribution in [1.82, 2.24) is 4.98 Å². The molecule has 5 nitrogen and oxygen atoms in total. The Balaban J connectivity index is 2.16. The smallest absolute Gasteiger partial charge is 0.274 e. The summed E-state index contributed by atoms with van der Waals surface area (Å²) >= 11 is 5.83. The summed E-state index contributed by atoms with van der Waals surface area (Å²) in [5.74, 6) is 5.33. The summed E-state index contributed by atoms with van der Waals surface area (Å²) in [6.45, 7) is 0. The van der Waals surface area contributed by atoms with Gasteiger partial charge in [-0.15, -0.1) is 0 Å². The number of rotatable bonds is 3. The van der Waals surface area contributed by atoms with Crippen molar-refractivity contribution in [3.05, 3.63) is 53.2 Å². The molecule has 1 heterocycles. The van der Waals surface area contributed by atoms with Gasteiger partial charge >= 0.3 is 0 Å². The summed E-state index contributed by atoms with van der Waals surface area (Å²) in [6, 6.07) is 11.8. The number of benzene rings is 1. The second kappa shape index (κ2) is 5.48. The number of pyridine rings is 1. The third kappa shape index (κ3) is 2.97. The van der Waals surface area contributed by atoms with Gasteiger partial charge in [0.2, 0.25) is 0 Å². The molecule has 0 saturated heterocycles. The van der Waals surface area contributed by atoms with Gasteiger partial charge in [0.15, 0.2) is 0 Å². The molecule has 0 fully saturated rings. The number of hydrogen-bond donors (Lipinski definition) is 3. The highest BCUT2D eigenvalue weighted by atomic mass is 35.5. The van der Waals surface area contributed by atoms with Crippen LogP contribution in [0.15, 0.2) is 42.5 Å². The van der Waals surface area contributed by atoms with Crippen LogP contribution in [0, 0.1) is 0 Å². The Kier molecular flexibility index (Phi) is 3.76. The summed E-state index contributed by atoms with van der Waals surface area (Å²) in [5, 5.41) is 3.25. The van der Waals surface area contributed by atoms with Gasteiger partial charge in [0.05, 0.1) is 0 Å². The molecule has 2 rings (SSSR count). The van der Waals surface area contributed by atoms with E-state index in [1.165, 1.54) is 0 Å². The van der Waals surface area contributed by atoms with E-state index < -0.39 is 0 Å². The summed E-state index contributed by atoms with van der Waals surface area (Å²) in [6.07, 6.45) is 0. The van der Waals surface area contributed by atoms with E-state index in [1.807, 2.05) is 0 Å². The number of halogens is 1. The van der Waals surface area contributed by atoms with Crippen LogP contribution in [-0.4, -0.2) is 10.9 Å². The minimum Gasteiger partial charge on any atom is -0.321 e. The fourth-order valence-corrected chi connectivity index (χ4v) is 1.59. The molecule has 1 aromatic carbocycles. The van der Waals surface area contributed by atoms with E-state index in [0.29, 0.717) is 16.5 Å². The molecule has 0 spiro atoms. The van der Waals surface area contributed by atoms with Crippen LogP contribution in [0.2, 0.25) is 5.02 Å². The van der Waals surface area contributed by atoms with Crippen LogP contribution >= 0.6 is 11.6 Å². The summed E-state index contributed by atoms with van der Waals surface area (Å²) in [5.41, 5.74) is 3.26. The number of nitrogen functional groups attached to an aromatic ring is 1. The quantitative estimate of drug-likeness (QED) is 0.586. The molecule has 18 heavy (non-hydrogen) atoms. The van der Waals surface area contributed by atoms with Crippen molar-refractivity contribution in [3.63, 3.8) is 0 Å². The van der Waals surface area contributed by atoms with Gasteiger partial charge in [-0.3, -0.25) is 4.79 Å². The fraction of sp³-hybridized carbons (Fsp3) is 0. The third-order valence-electron chi connectivity index (χ3n) is 2.21. The Morgan fingerprint density at radius 3 is 2.72 bits per heavy atom. The second-order valence-corrected chi connectivity index (χ2v) is 3.95. The molecule has 0 saturated carbocycles. The zero-order chi connectivity index (χ0) is 13.0. The number of hydrogen-bond acceptors (Lipinski definition) is 4. The Morgan fingerprint density at radius 2 is 2.00 bits per heavy atom. The number of nitrogens with zero attached hydrogens (tertiary/aromatic N) is 1. The Labute approximate surface area is 109 Å². The van der Waals surface area contributed by atoms with E-state index in [4.69, 9.17) is 17.4 Å². The molecule has 0 bridgehead atoms. The lowest BCUT2D eigenvalue weighted by atomic mass is 10.3. The average Bonchev–Trinajstić information content (AvgIpc) is 2.39. The van der Waals surface area contributed by atoms with Crippen molar-refractivity contribution in [2.24, 2.45) is 5.84 Å². The van der Waals surface area contributed by atoms with E-state index in [2.05, 4.69) is 15.7 Å².